The molecule has 0 saturated carbocycles. The Morgan fingerprint density at radius 1 is 0.660 bits per heavy atom. The van der Waals surface area contributed by atoms with Crippen molar-refractivity contribution in [2.24, 2.45) is 0 Å². The van der Waals surface area contributed by atoms with E-state index in [-0.39, 0.29) is 37.6 Å². The molecule has 9 heteroatoms. The first kappa shape index (κ1) is 37.1. The molecular weight excluding hydrogens is 600 g/mol. The highest BCUT2D eigenvalue weighted by Gasteiger charge is 2.23. The van der Waals surface area contributed by atoms with Crippen molar-refractivity contribution in [3.63, 3.8) is 0 Å². The fourth-order valence-corrected chi connectivity index (χ4v) is 4.27. The lowest BCUT2D eigenvalue weighted by atomic mass is 10.1. The molecule has 3 rings (SSSR count). The van der Waals surface area contributed by atoms with Crippen molar-refractivity contribution in [3.8, 4) is 23.0 Å². The third-order valence-electron chi connectivity index (χ3n) is 6.87. The van der Waals surface area contributed by atoms with E-state index in [1.807, 2.05) is 54.6 Å². The second kappa shape index (κ2) is 20.0. The summed E-state index contributed by atoms with van der Waals surface area (Å²) in [5.74, 6) is 0.875. The summed E-state index contributed by atoms with van der Waals surface area (Å²) in [4.78, 5) is 24.8. The molecule has 0 aromatic heterocycles. The van der Waals surface area contributed by atoms with Crippen LogP contribution in [-0.2, 0) is 28.5 Å². The second-order valence-electron chi connectivity index (χ2n) is 11.3. The van der Waals surface area contributed by atoms with Crippen molar-refractivity contribution in [3.05, 3.63) is 85.0 Å². The Hall–Kier alpha value is -4.34. The number of carbonyl (C=O) groups is 2. The van der Waals surface area contributed by atoms with E-state index in [9.17, 15) is 9.59 Å². The van der Waals surface area contributed by atoms with Crippen LogP contribution in [-0.4, -0.2) is 63.8 Å². The molecule has 0 saturated heterocycles. The fraction of sp³-hybridized carbons (Fsp3) is 0.421. The number of benzene rings is 3. The average Bonchev–Trinajstić information content (AvgIpc) is 3.06. The van der Waals surface area contributed by atoms with E-state index < -0.39 is 24.1 Å². The summed E-state index contributed by atoms with van der Waals surface area (Å²) in [6, 6.07) is 18.6. The molecule has 0 amide bonds. The standard InChI is InChI=1S/C38H48O9/c1-7-9-20-41-23-30(46-37(39)27(3)4)25-43-34-22-35(45-29-16-12-11-13-17-29)36(33-19-15-14-18-32(33)34)44-26-31(24-42-21-10-8-2)47-38(40)28(5)6/h11-19,22,30-31H,3,5,7-10,20-21,23-26H2,1-2,4,6H3. The van der Waals surface area contributed by atoms with Crippen molar-refractivity contribution in [2.75, 3.05) is 39.6 Å². The number of unbranched alkanes of at least 4 members (excludes halogenated alkanes) is 2. The molecule has 0 radical (unpaired) electrons. The summed E-state index contributed by atoms with van der Waals surface area (Å²) in [6.07, 6.45) is 2.40. The number of hydrogen-bond donors (Lipinski definition) is 0. The first-order valence-electron chi connectivity index (χ1n) is 16.2. The summed E-state index contributed by atoms with van der Waals surface area (Å²) >= 11 is 0. The van der Waals surface area contributed by atoms with Gasteiger partial charge in [-0.3, -0.25) is 0 Å². The van der Waals surface area contributed by atoms with Gasteiger partial charge in [0.2, 0.25) is 0 Å². The highest BCUT2D eigenvalue weighted by Crippen LogP contribution is 2.43. The lowest BCUT2D eigenvalue weighted by molar-refractivity contribution is -0.150. The van der Waals surface area contributed by atoms with Gasteiger partial charge in [-0.25, -0.2) is 9.59 Å². The molecule has 0 aliphatic carbocycles. The molecule has 0 bridgehead atoms. The number of ether oxygens (including phenoxy) is 7. The lowest BCUT2D eigenvalue weighted by Crippen LogP contribution is -2.30. The minimum absolute atomic E-state index is 0.00845. The molecule has 3 aromatic rings. The van der Waals surface area contributed by atoms with E-state index >= 15 is 0 Å². The number of fused-ring (bicyclic) bond motifs is 1. The maximum atomic E-state index is 12.4. The van der Waals surface area contributed by atoms with Gasteiger partial charge in [0, 0.05) is 41.2 Å². The van der Waals surface area contributed by atoms with Crippen LogP contribution in [0.25, 0.3) is 10.8 Å². The third-order valence-corrected chi connectivity index (χ3v) is 6.87. The van der Waals surface area contributed by atoms with Crippen LogP contribution in [0.1, 0.15) is 53.4 Å². The van der Waals surface area contributed by atoms with Crippen molar-refractivity contribution in [1.82, 2.24) is 0 Å². The molecule has 0 aliphatic rings. The number of esters is 2. The first-order chi connectivity index (χ1) is 22.7. The summed E-state index contributed by atoms with van der Waals surface area (Å²) < 4.78 is 41.9. The van der Waals surface area contributed by atoms with Crippen molar-refractivity contribution >= 4 is 22.7 Å². The molecular formula is C38H48O9. The van der Waals surface area contributed by atoms with Gasteiger partial charge in [-0.1, -0.05) is 82.3 Å². The molecule has 3 aromatic carbocycles. The molecule has 0 aliphatic heterocycles. The molecule has 0 heterocycles. The van der Waals surface area contributed by atoms with Crippen LogP contribution in [0.15, 0.2) is 85.0 Å². The maximum Gasteiger partial charge on any atom is 0.333 e. The van der Waals surface area contributed by atoms with Gasteiger partial charge in [0.05, 0.1) is 13.2 Å². The van der Waals surface area contributed by atoms with Gasteiger partial charge in [0.25, 0.3) is 0 Å². The smallest absolute Gasteiger partial charge is 0.333 e. The van der Waals surface area contributed by atoms with Crippen molar-refractivity contribution < 1.29 is 42.7 Å². The summed E-state index contributed by atoms with van der Waals surface area (Å²) in [5, 5.41) is 1.46. The van der Waals surface area contributed by atoms with Gasteiger partial charge in [0.1, 0.15) is 24.7 Å². The Balaban J connectivity index is 1.95. The Morgan fingerprint density at radius 3 is 1.70 bits per heavy atom. The van der Waals surface area contributed by atoms with Crippen molar-refractivity contribution in [1.29, 1.82) is 0 Å². The maximum absolute atomic E-state index is 12.4. The van der Waals surface area contributed by atoms with Crippen LogP contribution < -0.4 is 14.2 Å². The van der Waals surface area contributed by atoms with E-state index in [1.54, 1.807) is 19.9 Å². The lowest BCUT2D eigenvalue weighted by Gasteiger charge is -2.23. The molecule has 0 N–H and O–H groups in total. The van der Waals surface area contributed by atoms with Gasteiger partial charge in [-0.15, -0.1) is 0 Å². The normalized spacial score (nSPS) is 12.2. The highest BCUT2D eigenvalue weighted by molar-refractivity contribution is 5.96. The average molecular weight is 649 g/mol. The van der Waals surface area contributed by atoms with E-state index in [2.05, 4.69) is 27.0 Å². The number of carbonyl (C=O) groups excluding carboxylic acids is 2. The number of rotatable bonds is 22. The quantitative estimate of drug-likeness (QED) is 0.0610. The molecule has 254 valence electrons. The second-order valence-corrected chi connectivity index (χ2v) is 11.3. The van der Waals surface area contributed by atoms with Gasteiger partial charge in [0.15, 0.2) is 23.7 Å². The van der Waals surface area contributed by atoms with Gasteiger partial charge >= 0.3 is 11.9 Å². The fourth-order valence-electron chi connectivity index (χ4n) is 4.27. The first-order valence-corrected chi connectivity index (χ1v) is 16.2. The summed E-state index contributed by atoms with van der Waals surface area (Å²) in [7, 11) is 0. The zero-order valence-electron chi connectivity index (χ0n) is 28.1. The topological polar surface area (TPSA) is 98.8 Å². The van der Waals surface area contributed by atoms with Crippen LogP contribution in [0.3, 0.4) is 0 Å². The molecule has 2 atom stereocenters. The van der Waals surface area contributed by atoms with Gasteiger partial charge in [-0.05, 0) is 38.8 Å². The number of hydrogen-bond acceptors (Lipinski definition) is 9. The number of para-hydroxylation sites is 1. The highest BCUT2D eigenvalue weighted by atomic mass is 16.6. The minimum Gasteiger partial charge on any atom is -0.489 e. The molecule has 2 unspecified atom stereocenters. The third kappa shape index (κ3) is 12.4. The Morgan fingerprint density at radius 2 is 1.17 bits per heavy atom. The largest absolute Gasteiger partial charge is 0.489 e. The molecule has 0 fully saturated rings. The molecule has 0 spiro atoms. The van der Waals surface area contributed by atoms with E-state index in [0.717, 1.165) is 31.1 Å². The molecule has 47 heavy (non-hydrogen) atoms. The van der Waals surface area contributed by atoms with Crippen LogP contribution in [0, 0.1) is 0 Å². The SMILES string of the molecule is C=C(C)C(=O)OC(COCCCC)COc1cc(Oc2ccccc2)c(OCC(COCCCC)OC(=O)C(=C)C)c2ccccc12. The Kier molecular flexibility index (Phi) is 15.8. The van der Waals surface area contributed by atoms with Crippen LogP contribution in [0.2, 0.25) is 0 Å². The summed E-state index contributed by atoms with van der Waals surface area (Å²) in [6.45, 7) is 16.2. The van der Waals surface area contributed by atoms with Gasteiger partial charge < -0.3 is 33.2 Å². The Bertz CT molecular complexity index is 1450. The van der Waals surface area contributed by atoms with Crippen LogP contribution >= 0.6 is 0 Å². The monoisotopic (exact) mass is 648 g/mol. The summed E-state index contributed by atoms with van der Waals surface area (Å²) in [5.41, 5.74) is 0.573. The zero-order chi connectivity index (χ0) is 34.0. The van der Waals surface area contributed by atoms with E-state index in [4.69, 9.17) is 33.2 Å². The van der Waals surface area contributed by atoms with Crippen LogP contribution in [0.5, 0.6) is 23.0 Å². The van der Waals surface area contributed by atoms with E-state index in [0.29, 0.717) is 41.6 Å². The Labute approximate surface area is 278 Å². The van der Waals surface area contributed by atoms with E-state index in [1.165, 1.54) is 0 Å². The predicted octanol–water partition coefficient (Wildman–Crippen LogP) is 8.00. The molecule has 9 nitrogen and oxygen atoms in total. The zero-order valence-corrected chi connectivity index (χ0v) is 28.1. The van der Waals surface area contributed by atoms with Crippen LogP contribution in [0.4, 0.5) is 0 Å². The van der Waals surface area contributed by atoms with Gasteiger partial charge in [-0.2, -0.15) is 0 Å². The van der Waals surface area contributed by atoms with Crippen molar-refractivity contribution in [2.45, 2.75) is 65.6 Å². The predicted molar refractivity (Wildman–Crippen MR) is 182 cm³/mol. The minimum atomic E-state index is -0.688.